The maximum Gasteiger partial charge on any atom is 0.244 e. The highest BCUT2D eigenvalue weighted by atomic mass is 35.5. The molecule has 1 heterocycles. The van der Waals surface area contributed by atoms with Crippen molar-refractivity contribution < 1.29 is 26.0 Å². The molecule has 0 aromatic heterocycles. The molecule has 0 aliphatic carbocycles. The summed E-state index contributed by atoms with van der Waals surface area (Å²) < 4.78 is 73.6. The fraction of sp³-hybridized carbons (Fsp3) is 0.316. The first-order valence-electron chi connectivity index (χ1n) is 9.41. The predicted octanol–water partition coefficient (Wildman–Crippen LogP) is 2.13. The molecule has 0 atom stereocenters. The highest BCUT2D eigenvalue weighted by Gasteiger charge is 2.51. The molecule has 1 saturated heterocycles. The highest BCUT2D eigenvalue weighted by Crippen LogP contribution is 2.34. The number of benzene rings is 2. The van der Waals surface area contributed by atoms with Crippen molar-refractivity contribution in [2.24, 2.45) is 5.73 Å². The van der Waals surface area contributed by atoms with E-state index in [1.54, 1.807) is 6.07 Å². The smallest absolute Gasteiger partial charge is 0.244 e. The number of hydrogen-bond acceptors (Lipinski definition) is 7. The van der Waals surface area contributed by atoms with E-state index < -0.39 is 31.4 Å². The zero-order valence-corrected chi connectivity index (χ0v) is 21.3. The zero-order chi connectivity index (χ0) is 24.4. The lowest BCUT2D eigenvalue weighted by Gasteiger charge is -2.48. The summed E-state index contributed by atoms with van der Waals surface area (Å²) in [6.45, 7) is -0.980. The number of ether oxygens (including phenoxy) is 1. The molecule has 15 heteroatoms. The van der Waals surface area contributed by atoms with Crippen LogP contribution in [-0.2, 0) is 20.0 Å². The predicted molar refractivity (Wildman–Crippen MR) is 128 cm³/mol. The van der Waals surface area contributed by atoms with Crippen LogP contribution in [0.25, 0.3) is 0 Å². The van der Waals surface area contributed by atoms with Crippen LogP contribution in [0.1, 0.15) is 5.56 Å². The normalized spacial score (nSPS) is 15.6. The maximum absolute atomic E-state index is 13.9. The maximum atomic E-state index is 13.9. The molecule has 1 fully saturated rings. The molecule has 2 aromatic carbocycles. The molecule has 2 aromatic rings. The Kier molecular flexibility index (Phi) is 9.17. The first kappa shape index (κ1) is 28.5. The van der Waals surface area contributed by atoms with E-state index >= 15 is 0 Å². The molecule has 9 nitrogen and oxygen atoms in total. The number of hydrogen-bond donors (Lipinski definition) is 2. The standard InChI is InChI=1S/C19H19Cl2FN4O5S2.ClH/c20-14-2-4-18(16(21)7-14)33(29,30)26-10-19(11-26,25-32(27,28)6-5-23)12-31-15-3-1-13(9-24)17(22)8-15;/h1-4,7-8,25H,5-6,10-12,23H2;1H. The molecule has 3 N–H and O–H groups in total. The summed E-state index contributed by atoms with van der Waals surface area (Å²) in [4.78, 5) is -0.179. The Morgan fingerprint density at radius 3 is 2.41 bits per heavy atom. The van der Waals surface area contributed by atoms with Crippen LogP contribution < -0.4 is 15.2 Å². The Balaban J connectivity index is 0.00000408. The van der Waals surface area contributed by atoms with Gasteiger partial charge in [0.1, 0.15) is 29.1 Å². The van der Waals surface area contributed by atoms with Crippen LogP contribution in [0.4, 0.5) is 4.39 Å². The number of nitriles is 1. The average molecular weight is 574 g/mol. The summed E-state index contributed by atoms with van der Waals surface area (Å²) >= 11 is 11.9. The molecule has 0 saturated carbocycles. The van der Waals surface area contributed by atoms with Crippen molar-refractivity contribution in [3.05, 3.63) is 57.8 Å². The summed E-state index contributed by atoms with van der Waals surface area (Å²) in [6, 6.07) is 9.16. The SMILES string of the molecule is Cl.N#Cc1ccc(OCC2(NS(=O)(=O)CCN)CN(S(=O)(=O)c3ccc(Cl)cc3Cl)C2)cc1F. The second-order valence-electron chi connectivity index (χ2n) is 7.38. The van der Waals surface area contributed by atoms with Gasteiger partial charge in [0.25, 0.3) is 0 Å². The van der Waals surface area contributed by atoms with E-state index in [9.17, 15) is 21.2 Å². The molecular formula is C19H20Cl3FN4O5S2. The fourth-order valence-corrected chi connectivity index (χ4v) is 6.86. The van der Waals surface area contributed by atoms with Gasteiger partial charge in [0.05, 0.1) is 21.9 Å². The number of sulfonamides is 2. The van der Waals surface area contributed by atoms with Crippen molar-refractivity contribution in [3.63, 3.8) is 0 Å². The van der Waals surface area contributed by atoms with Gasteiger partial charge in [0, 0.05) is 30.7 Å². The Labute approximate surface area is 213 Å². The summed E-state index contributed by atoms with van der Waals surface area (Å²) in [5.74, 6) is -1.13. The first-order valence-corrected chi connectivity index (χ1v) is 13.3. The van der Waals surface area contributed by atoms with Crippen molar-refractivity contribution in [1.82, 2.24) is 9.03 Å². The van der Waals surface area contributed by atoms with Crippen molar-refractivity contribution in [2.75, 3.05) is 32.0 Å². The first-order chi connectivity index (χ1) is 15.4. The number of nitrogens with two attached hydrogens (primary N) is 1. The number of rotatable bonds is 9. The third-order valence-electron chi connectivity index (χ3n) is 4.80. The summed E-state index contributed by atoms with van der Waals surface area (Å²) in [5, 5.41) is 9.01. The van der Waals surface area contributed by atoms with Crippen LogP contribution in [0, 0.1) is 17.1 Å². The molecule has 0 unspecified atom stereocenters. The molecule has 0 bridgehead atoms. The minimum Gasteiger partial charge on any atom is -0.491 e. The number of nitrogens with zero attached hydrogens (tertiary/aromatic N) is 2. The van der Waals surface area contributed by atoms with Crippen molar-refractivity contribution in [3.8, 4) is 11.8 Å². The van der Waals surface area contributed by atoms with Crippen LogP contribution in [0.3, 0.4) is 0 Å². The van der Waals surface area contributed by atoms with Gasteiger partial charge < -0.3 is 10.5 Å². The lowest BCUT2D eigenvalue weighted by atomic mass is 9.95. The molecule has 1 aliphatic rings. The van der Waals surface area contributed by atoms with E-state index in [1.807, 2.05) is 0 Å². The monoisotopic (exact) mass is 572 g/mol. The van der Waals surface area contributed by atoms with E-state index in [2.05, 4.69) is 4.72 Å². The van der Waals surface area contributed by atoms with E-state index in [1.165, 1.54) is 30.3 Å². The van der Waals surface area contributed by atoms with Gasteiger partial charge in [0.2, 0.25) is 20.0 Å². The molecule has 186 valence electrons. The lowest BCUT2D eigenvalue weighted by molar-refractivity contribution is 0.0809. The van der Waals surface area contributed by atoms with E-state index in [0.717, 1.165) is 10.4 Å². The van der Waals surface area contributed by atoms with Gasteiger partial charge in [-0.15, -0.1) is 12.4 Å². The molecule has 0 spiro atoms. The molecule has 1 aliphatic heterocycles. The van der Waals surface area contributed by atoms with Crippen LogP contribution >= 0.6 is 35.6 Å². The van der Waals surface area contributed by atoms with Crippen LogP contribution in [0.5, 0.6) is 5.75 Å². The van der Waals surface area contributed by atoms with Gasteiger partial charge in [-0.05, 0) is 30.3 Å². The van der Waals surface area contributed by atoms with Gasteiger partial charge in [0.15, 0.2) is 0 Å². The summed E-state index contributed by atoms with van der Waals surface area (Å²) in [6.07, 6.45) is 0. The summed E-state index contributed by atoms with van der Waals surface area (Å²) in [5.41, 5.74) is 3.84. The van der Waals surface area contributed by atoms with Gasteiger partial charge >= 0.3 is 0 Å². The van der Waals surface area contributed by atoms with Crippen LogP contribution in [0.2, 0.25) is 10.0 Å². The minimum absolute atomic E-state index is 0. The van der Waals surface area contributed by atoms with Crippen molar-refractivity contribution >= 4 is 55.7 Å². The largest absolute Gasteiger partial charge is 0.491 e. The molecule has 0 radical (unpaired) electrons. The second kappa shape index (κ2) is 10.9. The highest BCUT2D eigenvalue weighted by molar-refractivity contribution is 7.90. The van der Waals surface area contributed by atoms with Gasteiger partial charge in [-0.1, -0.05) is 23.2 Å². The van der Waals surface area contributed by atoms with Crippen molar-refractivity contribution in [1.29, 1.82) is 5.26 Å². The Morgan fingerprint density at radius 2 is 1.85 bits per heavy atom. The minimum atomic E-state index is -4.06. The molecule has 0 amide bonds. The summed E-state index contributed by atoms with van der Waals surface area (Å²) in [7, 11) is -7.91. The molecule has 34 heavy (non-hydrogen) atoms. The van der Waals surface area contributed by atoms with E-state index in [-0.39, 0.29) is 70.7 Å². The van der Waals surface area contributed by atoms with Gasteiger partial charge in [-0.2, -0.15) is 9.57 Å². The number of nitrogens with one attached hydrogen (secondary N) is 1. The fourth-order valence-electron chi connectivity index (χ4n) is 3.24. The Morgan fingerprint density at radius 1 is 1.18 bits per heavy atom. The average Bonchev–Trinajstić information content (AvgIpc) is 2.69. The van der Waals surface area contributed by atoms with Crippen molar-refractivity contribution in [2.45, 2.75) is 10.4 Å². The van der Waals surface area contributed by atoms with Crippen LogP contribution in [0.15, 0.2) is 41.3 Å². The zero-order valence-electron chi connectivity index (χ0n) is 17.4. The Hall–Kier alpha value is -1.69. The molecule has 3 rings (SSSR count). The quantitative estimate of drug-likeness (QED) is 0.468. The van der Waals surface area contributed by atoms with Gasteiger partial charge in [-0.3, -0.25) is 0 Å². The third-order valence-corrected chi connectivity index (χ3v) is 8.83. The molecular weight excluding hydrogens is 554 g/mol. The Bertz CT molecular complexity index is 1310. The topological polar surface area (TPSA) is 143 Å². The number of halogens is 4. The van der Waals surface area contributed by atoms with E-state index in [0.29, 0.717) is 0 Å². The lowest BCUT2D eigenvalue weighted by Crippen LogP contribution is -2.73. The third kappa shape index (κ3) is 6.30. The van der Waals surface area contributed by atoms with Crippen LogP contribution in [-0.4, -0.2) is 58.7 Å². The second-order valence-corrected chi connectivity index (χ2v) is 12.0. The van der Waals surface area contributed by atoms with E-state index in [4.69, 9.17) is 38.9 Å². The van der Waals surface area contributed by atoms with Gasteiger partial charge in [-0.25, -0.2) is 25.9 Å².